The van der Waals surface area contributed by atoms with E-state index in [1.807, 2.05) is 30.3 Å². The SMILES string of the molecule is CN(CC(=O)NCCOc1cccc(F)c1)C1CC(=O)N(Cc2ccccc2)C1=O. The number of carbonyl (C=O) groups excluding carboxylic acids is 3. The van der Waals surface area contributed by atoms with Crippen LogP contribution < -0.4 is 10.1 Å². The second-order valence-electron chi connectivity index (χ2n) is 7.09. The summed E-state index contributed by atoms with van der Waals surface area (Å²) in [6.45, 7) is 0.626. The van der Waals surface area contributed by atoms with Crippen LogP contribution in [-0.4, -0.2) is 60.3 Å². The van der Waals surface area contributed by atoms with Crippen LogP contribution in [-0.2, 0) is 20.9 Å². The molecule has 1 saturated heterocycles. The minimum Gasteiger partial charge on any atom is -0.492 e. The summed E-state index contributed by atoms with van der Waals surface area (Å²) in [5, 5.41) is 2.69. The monoisotopic (exact) mass is 413 g/mol. The summed E-state index contributed by atoms with van der Waals surface area (Å²) < 4.78 is 18.5. The average molecular weight is 413 g/mol. The van der Waals surface area contributed by atoms with E-state index in [1.165, 1.54) is 17.0 Å². The first-order chi connectivity index (χ1) is 14.4. The van der Waals surface area contributed by atoms with E-state index < -0.39 is 11.9 Å². The van der Waals surface area contributed by atoms with E-state index in [2.05, 4.69) is 5.32 Å². The predicted molar refractivity (Wildman–Crippen MR) is 108 cm³/mol. The maximum atomic E-state index is 13.1. The van der Waals surface area contributed by atoms with Crippen molar-refractivity contribution in [2.75, 3.05) is 26.7 Å². The molecule has 1 aliphatic heterocycles. The highest BCUT2D eigenvalue weighted by molar-refractivity contribution is 6.05. The molecule has 1 N–H and O–H groups in total. The smallest absolute Gasteiger partial charge is 0.247 e. The molecule has 1 fully saturated rings. The molecule has 0 spiro atoms. The van der Waals surface area contributed by atoms with E-state index in [0.29, 0.717) is 5.75 Å². The third-order valence-corrected chi connectivity index (χ3v) is 4.82. The Kier molecular flexibility index (Phi) is 7.13. The molecule has 0 aliphatic carbocycles. The van der Waals surface area contributed by atoms with E-state index in [-0.39, 0.29) is 50.4 Å². The number of amides is 3. The first-order valence-electron chi connectivity index (χ1n) is 9.67. The lowest BCUT2D eigenvalue weighted by molar-refractivity contribution is -0.140. The van der Waals surface area contributed by atoms with Crippen LogP contribution in [0.3, 0.4) is 0 Å². The minimum atomic E-state index is -0.657. The fourth-order valence-corrected chi connectivity index (χ4v) is 3.25. The molecule has 1 aliphatic rings. The summed E-state index contributed by atoms with van der Waals surface area (Å²) in [4.78, 5) is 39.9. The third-order valence-electron chi connectivity index (χ3n) is 4.82. The highest BCUT2D eigenvalue weighted by atomic mass is 19.1. The first-order valence-corrected chi connectivity index (χ1v) is 9.67. The molecule has 3 rings (SSSR count). The zero-order valence-electron chi connectivity index (χ0n) is 16.7. The Morgan fingerprint density at radius 2 is 1.97 bits per heavy atom. The topological polar surface area (TPSA) is 79.0 Å². The maximum absolute atomic E-state index is 13.1. The van der Waals surface area contributed by atoms with Crippen molar-refractivity contribution in [2.45, 2.75) is 19.0 Å². The number of hydrogen-bond donors (Lipinski definition) is 1. The zero-order chi connectivity index (χ0) is 21.5. The summed E-state index contributed by atoms with van der Waals surface area (Å²) in [7, 11) is 1.64. The minimum absolute atomic E-state index is 0.0250. The van der Waals surface area contributed by atoms with Crippen molar-refractivity contribution in [1.29, 1.82) is 0 Å². The van der Waals surface area contributed by atoms with Crippen molar-refractivity contribution in [3.05, 3.63) is 66.0 Å². The van der Waals surface area contributed by atoms with Crippen LogP contribution in [0.25, 0.3) is 0 Å². The molecule has 0 radical (unpaired) electrons. The van der Waals surface area contributed by atoms with E-state index in [0.717, 1.165) is 5.56 Å². The van der Waals surface area contributed by atoms with Crippen molar-refractivity contribution >= 4 is 17.7 Å². The van der Waals surface area contributed by atoms with Gasteiger partial charge in [0, 0.05) is 6.07 Å². The number of nitrogens with zero attached hydrogens (tertiary/aromatic N) is 2. The summed E-state index contributed by atoms with van der Waals surface area (Å²) in [5.41, 5.74) is 0.874. The molecule has 7 nitrogen and oxygen atoms in total. The molecule has 0 aromatic heterocycles. The molecule has 0 saturated carbocycles. The van der Waals surface area contributed by atoms with Crippen LogP contribution >= 0.6 is 0 Å². The van der Waals surface area contributed by atoms with Gasteiger partial charge < -0.3 is 10.1 Å². The molecule has 158 valence electrons. The lowest BCUT2D eigenvalue weighted by Crippen LogP contribution is -2.45. The summed E-state index contributed by atoms with van der Waals surface area (Å²) in [6.07, 6.45) is 0.0537. The third kappa shape index (κ3) is 5.64. The molecule has 8 heteroatoms. The summed E-state index contributed by atoms with van der Waals surface area (Å²) in [5.74, 6) is -0.842. The number of halogens is 1. The van der Waals surface area contributed by atoms with Gasteiger partial charge in [0.2, 0.25) is 17.7 Å². The molecule has 2 aromatic rings. The van der Waals surface area contributed by atoms with Crippen molar-refractivity contribution in [3.8, 4) is 5.75 Å². The van der Waals surface area contributed by atoms with Gasteiger partial charge in [-0.15, -0.1) is 0 Å². The highest BCUT2D eigenvalue weighted by Gasteiger charge is 2.40. The lowest BCUT2D eigenvalue weighted by Gasteiger charge is -2.22. The number of hydrogen-bond acceptors (Lipinski definition) is 5. The standard InChI is InChI=1S/C22H24FN3O4/c1-25(15-20(27)24-10-11-30-18-9-5-8-17(23)12-18)19-13-21(28)26(22(19)29)14-16-6-3-2-4-7-16/h2-9,12,19H,10-11,13-15H2,1H3,(H,24,27). The molecular weight excluding hydrogens is 389 g/mol. The zero-order valence-corrected chi connectivity index (χ0v) is 16.7. The Labute approximate surface area is 174 Å². The van der Waals surface area contributed by atoms with Crippen LogP contribution in [0.4, 0.5) is 4.39 Å². The molecule has 30 heavy (non-hydrogen) atoms. The van der Waals surface area contributed by atoms with Gasteiger partial charge in [-0.2, -0.15) is 0 Å². The summed E-state index contributed by atoms with van der Waals surface area (Å²) in [6, 6.07) is 14.4. The maximum Gasteiger partial charge on any atom is 0.247 e. The van der Waals surface area contributed by atoms with Crippen molar-refractivity contribution in [1.82, 2.24) is 15.1 Å². The van der Waals surface area contributed by atoms with Crippen LogP contribution in [0.5, 0.6) is 5.75 Å². The van der Waals surface area contributed by atoms with Crippen LogP contribution in [0, 0.1) is 5.82 Å². The van der Waals surface area contributed by atoms with Gasteiger partial charge in [0.05, 0.1) is 32.1 Å². The van der Waals surface area contributed by atoms with E-state index in [9.17, 15) is 18.8 Å². The van der Waals surface area contributed by atoms with E-state index in [4.69, 9.17) is 4.74 Å². The molecule has 1 heterocycles. The van der Waals surface area contributed by atoms with E-state index in [1.54, 1.807) is 24.1 Å². The normalized spacial score (nSPS) is 16.2. The number of imide groups is 1. The molecule has 1 unspecified atom stereocenters. The van der Waals surface area contributed by atoms with Gasteiger partial charge >= 0.3 is 0 Å². The largest absolute Gasteiger partial charge is 0.492 e. The number of benzene rings is 2. The Morgan fingerprint density at radius 3 is 2.70 bits per heavy atom. The number of likely N-dealkylation sites (tertiary alicyclic amines) is 1. The van der Waals surface area contributed by atoms with Crippen LogP contribution in [0.2, 0.25) is 0 Å². The lowest BCUT2D eigenvalue weighted by atomic mass is 10.2. The van der Waals surface area contributed by atoms with Gasteiger partial charge in [0.15, 0.2) is 0 Å². The Hall–Kier alpha value is -3.26. The average Bonchev–Trinajstić information content (AvgIpc) is 3.00. The number of nitrogens with one attached hydrogen (secondary N) is 1. The number of rotatable bonds is 9. The molecule has 2 aromatic carbocycles. The second kappa shape index (κ2) is 9.98. The van der Waals surface area contributed by atoms with Gasteiger partial charge in [0.1, 0.15) is 18.2 Å². The van der Waals surface area contributed by atoms with Gasteiger partial charge in [-0.3, -0.25) is 24.2 Å². The van der Waals surface area contributed by atoms with Gasteiger partial charge in [-0.1, -0.05) is 36.4 Å². The quantitative estimate of drug-likeness (QED) is 0.499. The van der Waals surface area contributed by atoms with Crippen molar-refractivity contribution < 1.29 is 23.5 Å². The number of ether oxygens (including phenoxy) is 1. The molecule has 0 bridgehead atoms. The molecular formula is C22H24FN3O4. The number of carbonyl (C=O) groups is 3. The fourth-order valence-electron chi connectivity index (χ4n) is 3.25. The second-order valence-corrected chi connectivity index (χ2v) is 7.09. The van der Waals surface area contributed by atoms with E-state index >= 15 is 0 Å². The molecule has 3 amide bonds. The van der Waals surface area contributed by atoms with Gasteiger partial charge in [-0.05, 0) is 24.7 Å². The van der Waals surface area contributed by atoms with Crippen LogP contribution in [0.1, 0.15) is 12.0 Å². The Balaban J connectivity index is 1.43. The fraction of sp³-hybridized carbons (Fsp3) is 0.318. The highest BCUT2D eigenvalue weighted by Crippen LogP contribution is 2.20. The predicted octanol–water partition coefficient (Wildman–Crippen LogP) is 1.58. The first kappa shape index (κ1) is 21.4. The molecule has 1 atom stereocenters. The Bertz CT molecular complexity index is 906. The van der Waals surface area contributed by atoms with Crippen LogP contribution in [0.15, 0.2) is 54.6 Å². The number of likely N-dealkylation sites (N-methyl/N-ethyl adjacent to an activating group) is 1. The van der Waals surface area contributed by atoms with Crippen molar-refractivity contribution in [3.63, 3.8) is 0 Å². The van der Waals surface area contributed by atoms with Gasteiger partial charge in [-0.25, -0.2) is 4.39 Å². The summed E-state index contributed by atoms with van der Waals surface area (Å²) >= 11 is 0. The Morgan fingerprint density at radius 1 is 1.20 bits per heavy atom. The van der Waals surface area contributed by atoms with Crippen molar-refractivity contribution in [2.24, 2.45) is 0 Å². The van der Waals surface area contributed by atoms with Gasteiger partial charge in [0.25, 0.3) is 0 Å².